The highest BCUT2D eigenvalue weighted by molar-refractivity contribution is 6.94. The van der Waals surface area contributed by atoms with Crippen LogP contribution in [0.1, 0.15) is 0 Å². The molecule has 0 aliphatic carbocycles. The van der Waals surface area contributed by atoms with E-state index in [1.54, 1.807) is 21.3 Å². The summed E-state index contributed by atoms with van der Waals surface area (Å²) >= 11 is 0. The van der Waals surface area contributed by atoms with Crippen LogP contribution in [0.3, 0.4) is 0 Å². The molecule has 0 aromatic heterocycles. The van der Waals surface area contributed by atoms with Gasteiger partial charge in [-0.15, -0.1) is 0 Å². The third kappa shape index (κ3) is 3.63. The Labute approximate surface area is 112 Å². The van der Waals surface area contributed by atoms with Crippen molar-refractivity contribution in [1.82, 2.24) is 0 Å². The van der Waals surface area contributed by atoms with Gasteiger partial charge in [0.15, 0.2) is 0 Å². The Morgan fingerprint density at radius 2 is 1.33 bits per heavy atom. The third-order valence-corrected chi connectivity index (χ3v) is 8.51. The van der Waals surface area contributed by atoms with Gasteiger partial charge in [-0.05, 0) is 5.70 Å². The minimum absolute atomic E-state index is 1.38. The highest BCUT2D eigenvalue weighted by atomic mass is 28.4. The van der Waals surface area contributed by atoms with Crippen molar-refractivity contribution in [3.63, 3.8) is 0 Å². The summed E-state index contributed by atoms with van der Waals surface area (Å²) in [7, 11) is 0.647. The van der Waals surface area contributed by atoms with E-state index in [-0.39, 0.29) is 0 Å². The predicted octanol–water partition coefficient (Wildman–Crippen LogP) is 2.11. The van der Waals surface area contributed by atoms with E-state index in [0.717, 1.165) is 0 Å². The summed E-state index contributed by atoms with van der Waals surface area (Å²) in [5, 5.41) is 1.38. The van der Waals surface area contributed by atoms with Crippen LogP contribution in [-0.2, 0) is 13.3 Å². The normalized spacial score (nSPS) is 13.2. The van der Waals surface area contributed by atoms with E-state index in [0.29, 0.717) is 0 Å². The molecule has 0 amide bonds. The first-order valence-corrected chi connectivity index (χ1v) is 10.8. The van der Waals surface area contributed by atoms with Crippen molar-refractivity contribution < 1.29 is 13.3 Å². The maximum absolute atomic E-state index is 5.40. The van der Waals surface area contributed by atoms with Crippen molar-refractivity contribution in [3.8, 4) is 0 Å². The first kappa shape index (κ1) is 15.3. The van der Waals surface area contributed by atoms with E-state index in [4.69, 9.17) is 13.3 Å². The van der Waals surface area contributed by atoms with Gasteiger partial charge < -0.3 is 13.3 Å². The Bertz CT molecular complexity index is 378. The quantitative estimate of drug-likeness (QED) is 0.748. The first-order chi connectivity index (χ1) is 8.49. The lowest BCUT2D eigenvalue weighted by molar-refractivity contribution is 0.138. The zero-order valence-corrected chi connectivity index (χ0v) is 13.8. The molecular formula is C13H22O3Si2. The van der Waals surface area contributed by atoms with Gasteiger partial charge in [0.1, 0.15) is 8.07 Å². The number of hydrogen-bond acceptors (Lipinski definition) is 3. The zero-order chi connectivity index (χ0) is 13.6. The standard InChI is InChI=1S/C13H22O3Si2/c1-14-18(15-2,16-3)12-11-17(4,5)13-9-7-6-8-10-13/h6-12H,1-5H3. The maximum Gasteiger partial charge on any atom is 0.528 e. The molecule has 0 radical (unpaired) electrons. The van der Waals surface area contributed by atoms with Gasteiger partial charge >= 0.3 is 8.80 Å². The summed E-state index contributed by atoms with van der Waals surface area (Å²) in [6.45, 7) is 4.58. The Morgan fingerprint density at radius 3 is 1.78 bits per heavy atom. The molecule has 0 bridgehead atoms. The van der Waals surface area contributed by atoms with Crippen LogP contribution >= 0.6 is 0 Å². The van der Waals surface area contributed by atoms with Crippen LogP contribution in [0.2, 0.25) is 13.1 Å². The van der Waals surface area contributed by atoms with Crippen LogP contribution in [0.5, 0.6) is 0 Å². The summed E-state index contributed by atoms with van der Waals surface area (Å²) in [4.78, 5) is 0. The van der Waals surface area contributed by atoms with Gasteiger partial charge in [0, 0.05) is 21.3 Å². The summed E-state index contributed by atoms with van der Waals surface area (Å²) in [5.74, 6) is 0. The second-order valence-corrected chi connectivity index (χ2v) is 11.8. The molecule has 0 N–H and O–H groups in total. The monoisotopic (exact) mass is 282 g/mol. The summed E-state index contributed by atoms with van der Waals surface area (Å²) in [6.07, 6.45) is 0. The van der Waals surface area contributed by atoms with E-state index in [9.17, 15) is 0 Å². The van der Waals surface area contributed by atoms with E-state index in [1.165, 1.54) is 5.19 Å². The van der Waals surface area contributed by atoms with Crippen molar-refractivity contribution in [2.45, 2.75) is 13.1 Å². The summed E-state index contributed by atoms with van der Waals surface area (Å²) < 4.78 is 16.2. The Balaban J connectivity index is 2.95. The van der Waals surface area contributed by atoms with Crippen LogP contribution in [0.4, 0.5) is 0 Å². The fourth-order valence-electron chi connectivity index (χ4n) is 1.73. The molecule has 1 aromatic carbocycles. The first-order valence-electron chi connectivity index (χ1n) is 5.91. The molecule has 0 saturated carbocycles. The van der Waals surface area contributed by atoms with Crippen LogP contribution in [0.15, 0.2) is 41.7 Å². The van der Waals surface area contributed by atoms with Crippen molar-refractivity contribution >= 4 is 22.1 Å². The molecule has 18 heavy (non-hydrogen) atoms. The lowest BCUT2D eigenvalue weighted by Gasteiger charge is -2.23. The molecule has 0 saturated heterocycles. The van der Waals surface area contributed by atoms with E-state index >= 15 is 0 Å². The third-order valence-electron chi connectivity index (χ3n) is 3.08. The molecule has 0 fully saturated rings. The molecule has 1 aromatic rings. The fraction of sp³-hybridized carbons (Fsp3) is 0.385. The molecule has 3 nitrogen and oxygen atoms in total. The van der Waals surface area contributed by atoms with E-state index < -0.39 is 16.9 Å². The second kappa shape index (κ2) is 6.44. The Kier molecular flexibility index (Phi) is 5.49. The van der Waals surface area contributed by atoms with Gasteiger partial charge in [0.25, 0.3) is 0 Å². The molecule has 0 unspecified atom stereocenters. The molecule has 5 heteroatoms. The molecule has 0 spiro atoms. The van der Waals surface area contributed by atoms with Gasteiger partial charge in [-0.25, -0.2) is 0 Å². The van der Waals surface area contributed by atoms with Crippen molar-refractivity contribution in [1.29, 1.82) is 0 Å². The van der Waals surface area contributed by atoms with E-state index in [2.05, 4.69) is 43.1 Å². The topological polar surface area (TPSA) is 27.7 Å². The Hall–Kier alpha value is -0.726. The highest BCUT2D eigenvalue weighted by Gasteiger charge is 2.35. The van der Waals surface area contributed by atoms with Crippen LogP contribution in [-0.4, -0.2) is 38.2 Å². The number of benzene rings is 1. The van der Waals surface area contributed by atoms with Crippen molar-refractivity contribution in [2.75, 3.05) is 21.3 Å². The van der Waals surface area contributed by atoms with Crippen molar-refractivity contribution in [2.24, 2.45) is 0 Å². The van der Waals surface area contributed by atoms with Crippen LogP contribution in [0.25, 0.3) is 0 Å². The number of rotatable bonds is 6. The Morgan fingerprint density at radius 1 is 0.833 bits per heavy atom. The lowest BCUT2D eigenvalue weighted by atomic mass is 10.4. The molecule has 0 aliphatic heterocycles. The minimum Gasteiger partial charge on any atom is -0.374 e. The smallest absolute Gasteiger partial charge is 0.374 e. The zero-order valence-electron chi connectivity index (χ0n) is 11.8. The van der Waals surface area contributed by atoms with Gasteiger partial charge in [-0.2, -0.15) is 0 Å². The average Bonchev–Trinajstić information content (AvgIpc) is 2.42. The summed E-state index contributed by atoms with van der Waals surface area (Å²) in [5.41, 5.74) is 4.22. The molecule has 1 rings (SSSR count). The van der Waals surface area contributed by atoms with Gasteiger partial charge in [0.2, 0.25) is 0 Å². The molecule has 0 aliphatic rings. The molecule has 0 heterocycles. The van der Waals surface area contributed by atoms with Crippen LogP contribution < -0.4 is 5.19 Å². The average molecular weight is 282 g/mol. The van der Waals surface area contributed by atoms with Crippen molar-refractivity contribution in [3.05, 3.63) is 41.7 Å². The molecular weight excluding hydrogens is 260 g/mol. The fourth-order valence-corrected chi connectivity index (χ4v) is 6.36. The molecule has 100 valence electrons. The van der Waals surface area contributed by atoms with Crippen LogP contribution in [0, 0.1) is 0 Å². The summed E-state index contributed by atoms with van der Waals surface area (Å²) in [6, 6.07) is 10.5. The second-order valence-electron chi connectivity index (χ2n) is 4.64. The van der Waals surface area contributed by atoms with Gasteiger partial charge in [-0.1, -0.05) is 54.3 Å². The lowest BCUT2D eigenvalue weighted by Crippen LogP contribution is -2.44. The van der Waals surface area contributed by atoms with E-state index in [1.807, 2.05) is 11.8 Å². The van der Waals surface area contributed by atoms with Gasteiger partial charge in [-0.3, -0.25) is 0 Å². The maximum atomic E-state index is 5.40. The highest BCUT2D eigenvalue weighted by Crippen LogP contribution is 2.12. The largest absolute Gasteiger partial charge is 0.528 e. The van der Waals surface area contributed by atoms with Gasteiger partial charge in [0.05, 0.1) is 0 Å². The molecule has 0 atom stereocenters. The minimum atomic E-state index is -2.61. The predicted molar refractivity (Wildman–Crippen MR) is 79.5 cm³/mol. The number of hydrogen-bond donors (Lipinski definition) is 0. The SMILES string of the molecule is CO[Si](C=C[Si](C)(C)c1ccccc1)(OC)OC.